The molecule has 0 unspecified atom stereocenters. The maximum atomic E-state index is 12.6. The summed E-state index contributed by atoms with van der Waals surface area (Å²) in [7, 11) is 0. The Labute approximate surface area is 146 Å². The van der Waals surface area contributed by atoms with Crippen LogP contribution >= 0.6 is 0 Å². The number of benzene rings is 1. The average molecular weight is 335 g/mol. The Morgan fingerprint density at radius 3 is 2.56 bits per heavy atom. The highest BCUT2D eigenvalue weighted by atomic mass is 16.1. The first-order valence-corrected chi connectivity index (χ1v) is 8.30. The summed E-state index contributed by atoms with van der Waals surface area (Å²) in [6.45, 7) is 5.64. The van der Waals surface area contributed by atoms with Crippen LogP contribution in [0.2, 0.25) is 0 Å². The van der Waals surface area contributed by atoms with E-state index in [0.717, 1.165) is 22.6 Å². The Bertz CT molecular complexity index is 968. The predicted octanol–water partition coefficient (Wildman–Crippen LogP) is 3.30. The molecule has 5 heteroatoms. The van der Waals surface area contributed by atoms with Crippen molar-refractivity contribution in [3.63, 3.8) is 0 Å². The quantitative estimate of drug-likeness (QED) is 0.728. The third-order valence-corrected chi connectivity index (χ3v) is 4.41. The molecule has 128 valence electrons. The van der Waals surface area contributed by atoms with E-state index >= 15 is 0 Å². The van der Waals surface area contributed by atoms with Crippen LogP contribution in [0.3, 0.4) is 0 Å². The summed E-state index contributed by atoms with van der Waals surface area (Å²) < 4.78 is 1.76. The molecule has 0 radical (unpaired) electrons. The zero-order valence-corrected chi connectivity index (χ0v) is 14.7. The number of H-pyrrole nitrogens is 1. The van der Waals surface area contributed by atoms with Crippen LogP contribution in [-0.2, 0) is 6.42 Å². The highest BCUT2D eigenvalue weighted by Crippen LogP contribution is 2.16. The molecule has 1 N–H and O–H groups in total. The highest BCUT2D eigenvalue weighted by molar-refractivity contribution is 5.97. The fraction of sp³-hybridized carbons (Fsp3) is 0.250. The molecule has 5 nitrogen and oxygen atoms in total. The zero-order chi connectivity index (χ0) is 18.0. The molecule has 3 rings (SSSR count). The topological polar surface area (TPSA) is 67.8 Å². The van der Waals surface area contributed by atoms with E-state index in [1.165, 1.54) is 0 Å². The number of pyridine rings is 1. The van der Waals surface area contributed by atoms with Crippen molar-refractivity contribution in [2.24, 2.45) is 0 Å². The second-order valence-electron chi connectivity index (χ2n) is 6.26. The summed E-state index contributed by atoms with van der Waals surface area (Å²) in [6, 6.07) is 11.6. The first-order valence-electron chi connectivity index (χ1n) is 8.30. The van der Waals surface area contributed by atoms with Crippen molar-refractivity contribution in [1.29, 1.82) is 0 Å². The average Bonchev–Trinajstić information content (AvgIpc) is 2.96. The van der Waals surface area contributed by atoms with Crippen molar-refractivity contribution in [2.45, 2.75) is 33.6 Å². The van der Waals surface area contributed by atoms with Gasteiger partial charge in [0.2, 0.25) is 0 Å². The fourth-order valence-electron chi connectivity index (χ4n) is 3.08. The van der Waals surface area contributed by atoms with Gasteiger partial charge in [0.15, 0.2) is 5.78 Å². The maximum absolute atomic E-state index is 12.6. The largest absolute Gasteiger partial charge is 0.326 e. The number of Topliss-reactive ketones (excluding diaryl/α,β-unsaturated/α-hetero) is 1. The second kappa shape index (κ2) is 6.89. The van der Waals surface area contributed by atoms with Crippen LogP contribution in [0.5, 0.6) is 0 Å². The number of carbonyl (C=O) groups excluding carboxylic acids is 1. The number of nitrogens with zero attached hydrogens (tertiary/aromatic N) is 2. The van der Waals surface area contributed by atoms with Crippen molar-refractivity contribution in [3.8, 4) is 5.69 Å². The number of aromatic nitrogens is 3. The van der Waals surface area contributed by atoms with Gasteiger partial charge in [-0.05, 0) is 51.0 Å². The molecule has 2 aromatic heterocycles. The SMILES string of the molecule is Cc1cc(C)c(CCC(=O)c2cnn(-c3ccccc3)c2C)c(=O)[nH]1. The standard InChI is InChI=1S/C20H21N3O2/c1-13-11-14(2)22-20(25)17(13)9-10-19(24)18-12-21-23(15(18)3)16-7-5-4-6-8-16/h4-8,11-12H,9-10H2,1-3H3,(H,22,25). The lowest BCUT2D eigenvalue weighted by Crippen LogP contribution is -2.17. The molecule has 0 amide bonds. The van der Waals surface area contributed by atoms with Gasteiger partial charge in [0.05, 0.1) is 23.1 Å². The minimum absolute atomic E-state index is 0.000874. The normalized spacial score (nSPS) is 10.8. The van der Waals surface area contributed by atoms with Crippen molar-refractivity contribution in [2.75, 3.05) is 0 Å². The van der Waals surface area contributed by atoms with Gasteiger partial charge in [0.1, 0.15) is 0 Å². The lowest BCUT2D eigenvalue weighted by molar-refractivity contribution is 0.0982. The van der Waals surface area contributed by atoms with Gasteiger partial charge in [-0.1, -0.05) is 18.2 Å². The number of rotatable bonds is 5. The molecule has 0 spiro atoms. The minimum atomic E-state index is -0.109. The van der Waals surface area contributed by atoms with E-state index in [0.29, 0.717) is 17.5 Å². The fourth-order valence-corrected chi connectivity index (χ4v) is 3.08. The molecule has 0 aliphatic carbocycles. The molecule has 3 aromatic rings. The second-order valence-corrected chi connectivity index (χ2v) is 6.26. The molecule has 0 saturated heterocycles. The molecule has 0 aliphatic heterocycles. The van der Waals surface area contributed by atoms with Gasteiger partial charge in [-0.3, -0.25) is 9.59 Å². The summed E-state index contributed by atoms with van der Waals surface area (Å²) >= 11 is 0. The Kier molecular flexibility index (Phi) is 4.65. The number of para-hydroxylation sites is 1. The van der Waals surface area contributed by atoms with Gasteiger partial charge in [-0.2, -0.15) is 5.10 Å². The van der Waals surface area contributed by atoms with E-state index in [2.05, 4.69) is 10.1 Å². The molecule has 0 bridgehead atoms. The summed E-state index contributed by atoms with van der Waals surface area (Å²) in [6.07, 6.45) is 2.32. The summed E-state index contributed by atoms with van der Waals surface area (Å²) in [4.78, 5) is 27.5. The number of aromatic amines is 1. The number of nitrogens with one attached hydrogen (secondary N) is 1. The zero-order valence-electron chi connectivity index (χ0n) is 14.7. The summed E-state index contributed by atoms with van der Waals surface area (Å²) in [5.41, 5.74) is 4.65. The van der Waals surface area contributed by atoms with Crippen LogP contribution in [0, 0.1) is 20.8 Å². The van der Waals surface area contributed by atoms with Crippen LogP contribution in [0.15, 0.2) is 47.4 Å². The predicted molar refractivity (Wildman–Crippen MR) is 97.5 cm³/mol. The van der Waals surface area contributed by atoms with Crippen molar-refractivity contribution in [3.05, 3.63) is 81.0 Å². The van der Waals surface area contributed by atoms with Gasteiger partial charge in [-0.15, -0.1) is 0 Å². The monoisotopic (exact) mass is 335 g/mol. The Hall–Kier alpha value is -2.95. The van der Waals surface area contributed by atoms with Crippen LogP contribution < -0.4 is 5.56 Å². The van der Waals surface area contributed by atoms with Gasteiger partial charge in [-0.25, -0.2) is 4.68 Å². The molecular formula is C20H21N3O2. The van der Waals surface area contributed by atoms with Crippen molar-refractivity contribution in [1.82, 2.24) is 14.8 Å². The van der Waals surface area contributed by atoms with E-state index in [1.54, 1.807) is 10.9 Å². The van der Waals surface area contributed by atoms with E-state index in [4.69, 9.17) is 0 Å². The van der Waals surface area contributed by atoms with E-state index < -0.39 is 0 Å². The van der Waals surface area contributed by atoms with Crippen LogP contribution in [0.1, 0.15) is 39.3 Å². The lowest BCUT2D eigenvalue weighted by atomic mass is 10.0. The van der Waals surface area contributed by atoms with Gasteiger partial charge in [0, 0.05) is 17.7 Å². The number of hydrogen-bond acceptors (Lipinski definition) is 3. The van der Waals surface area contributed by atoms with Gasteiger partial charge in [0.25, 0.3) is 5.56 Å². The summed E-state index contributed by atoms with van der Waals surface area (Å²) in [5, 5.41) is 4.34. The molecule has 0 aliphatic rings. The number of carbonyl (C=O) groups is 1. The van der Waals surface area contributed by atoms with Crippen molar-refractivity contribution >= 4 is 5.78 Å². The molecule has 0 fully saturated rings. The Balaban J connectivity index is 1.79. The third kappa shape index (κ3) is 3.45. The molecule has 2 heterocycles. The maximum Gasteiger partial charge on any atom is 0.251 e. The number of aryl methyl sites for hydroxylation is 2. The minimum Gasteiger partial charge on any atom is -0.326 e. The number of hydrogen-bond donors (Lipinski definition) is 1. The molecular weight excluding hydrogens is 314 g/mol. The smallest absolute Gasteiger partial charge is 0.251 e. The van der Waals surface area contributed by atoms with Gasteiger partial charge < -0.3 is 4.98 Å². The Morgan fingerprint density at radius 1 is 1.16 bits per heavy atom. The first-order chi connectivity index (χ1) is 12.0. The molecule has 1 aromatic carbocycles. The molecule has 25 heavy (non-hydrogen) atoms. The van der Waals surface area contributed by atoms with E-state index in [1.807, 2.05) is 57.2 Å². The third-order valence-electron chi connectivity index (χ3n) is 4.41. The Morgan fingerprint density at radius 2 is 1.88 bits per heavy atom. The van der Waals surface area contributed by atoms with Crippen LogP contribution in [0.4, 0.5) is 0 Å². The lowest BCUT2D eigenvalue weighted by Gasteiger charge is -2.07. The van der Waals surface area contributed by atoms with Gasteiger partial charge >= 0.3 is 0 Å². The van der Waals surface area contributed by atoms with E-state index in [-0.39, 0.29) is 17.8 Å². The molecule has 0 saturated carbocycles. The van der Waals surface area contributed by atoms with E-state index in [9.17, 15) is 9.59 Å². The summed E-state index contributed by atoms with van der Waals surface area (Å²) in [5.74, 6) is -0.000874. The van der Waals surface area contributed by atoms with Crippen LogP contribution in [-0.4, -0.2) is 20.5 Å². The highest BCUT2D eigenvalue weighted by Gasteiger charge is 2.16. The van der Waals surface area contributed by atoms with Crippen LogP contribution in [0.25, 0.3) is 5.69 Å². The first kappa shape index (κ1) is 16.9. The number of ketones is 1. The van der Waals surface area contributed by atoms with Crippen molar-refractivity contribution < 1.29 is 4.79 Å². The molecule has 0 atom stereocenters.